The van der Waals surface area contributed by atoms with Crippen molar-refractivity contribution in [3.63, 3.8) is 0 Å². The minimum atomic E-state index is -0.386. The maximum atomic E-state index is 12.4. The van der Waals surface area contributed by atoms with E-state index in [1.54, 1.807) is 11.1 Å². The van der Waals surface area contributed by atoms with Crippen LogP contribution in [0.25, 0.3) is 11.4 Å². The lowest BCUT2D eigenvalue weighted by Crippen LogP contribution is -2.32. The van der Waals surface area contributed by atoms with Crippen LogP contribution in [0.5, 0.6) is 0 Å². The van der Waals surface area contributed by atoms with Crippen LogP contribution < -0.4 is 10.2 Å². The van der Waals surface area contributed by atoms with Crippen molar-refractivity contribution in [3.8, 4) is 11.4 Å². The smallest absolute Gasteiger partial charge is 0.229 e. The first kappa shape index (κ1) is 16.4. The summed E-state index contributed by atoms with van der Waals surface area (Å²) in [6.07, 6.45) is 1.84. The van der Waals surface area contributed by atoms with E-state index in [9.17, 15) is 9.59 Å². The highest BCUT2D eigenvalue weighted by Gasteiger charge is 2.36. The molecule has 1 aromatic carbocycles. The van der Waals surface area contributed by atoms with Gasteiger partial charge in [-0.3, -0.25) is 19.6 Å². The third kappa shape index (κ3) is 3.33. The minimum Gasteiger partial charge on any atom is -0.349 e. The fraction of sp³-hybridized carbons (Fsp3) is 0.235. The van der Waals surface area contributed by atoms with Crippen LogP contribution in [-0.4, -0.2) is 38.5 Å². The van der Waals surface area contributed by atoms with E-state index in [0.29, 0.717) is 23.3 Å². The quantitative estimate of drug-likeness (QED) is 0.712. The summed E-state index contributed by atoms with van der Waals surface area (Å²) in [6.45, 7) is 0.588. The Morgan fingerprint density at radius 2 is 2.19 bits per heavy atom. The van der Waals surface area contributed by atoms with Gasteiger partial charge in [-0.1, -0.05) is 30.3 Å². The van der Waals surface area contributed by atoms with Gasteiger partial charge in [0, 0.05) is 30.1 Å². The third-order valence-corrected chi connectivity index (χ3v) is 4.93. The maximum Gasteiger partial charge on any atom is 0.229 e. The largest absolute Gasteiger partial charge is 0.349 e. The number of aromatic nitrogens is 4. The van der Waals surface area contributed by atoms with Gasteiger partial charge in [0.15, 0.2) is 11.0 Å². The minimum absolute atomic E-state index is 0.0777. The summed E-state index contributed by atoms with van der Waals surface area (Å²) < 4.78 is 0. The second-order valence-electron chi connectivity index (χ2n) is 5.91. The van der Waals surface area contributed by atoms with Gasteiger partial charge in [0.2, 0.25) is 11.8 Å². The molecule has 1 unspecified atom stereocenters. The van der Waals surface area contributed by atoms with Crippen molar-refractivity contribution in [2.75, 3.05) is 11.4 Å². The number of aromatic amines is 1. The van der Waals surface area contributed by atoms with Crippen LogP contribution in [0.4, 0.5) is 5.13 Å². The number of H-pyrrole nitrogens is 1. The Bertz CT molecular complexity index is 909. The van der Waals surface area contributed by atoms with Crippen molar-refractivity contribution in [2.45, 2.75) is 13.0 Å². The predicted molar refractivity (Wildman–Crippen MR) is 96.2 cm³/mol. The highest BCUT2D eigenvalue weighted by atomic mass is 32.1. The molecule has 1 aliphatic heterocycles. The molecular weight excluding hydrogens is 352 g/mol. The van der Waals surface area contributed by atoms with Gasteiger partial charge in [0.1, 0.15) is 5.82 Å². The van der Waals surface area contributed by atoms with Crippen molar-refractivity contribution in [2.24, 2.45) is 5.92 Å². The monoisotopic (exact) mass is 368 g/mol. The molecule has 0 spiro atoms. The normalized spacial score (nSPS) is 16.8. The summed E-state index contributed by atoms with van der Waals surface area (Å²) in [6, 6.07) is 9.60. The molecule has 132 valence electrons. The molecule has 2 amide bonds. The van der Waals surface area contributed by atoms with Gasteiger partial charge in [-0.2, -0.15) is 5.10 Å². The molecule has 3 heterocycles. The Balaban J connectivity index is 1.35. The van der Waals surface area contributed by atoms with Crippen LogP contribution in [0.1, 0.15) is 12.2 Å². The van der Waals surface area contributed by atoms with Crippen molar-refractivity contribution in [3.05, 3.63) is 47.7 Å². The van der Waals surface area contributed by atoms with E-state index in [2.05, 4.69) is 25.5 Å². The average molecular weight is 368 g/mol. The van der Waals surface area contributed by atoms with Crippen molar-refractivity contribution < 1.29 is 9.59 Å². The molecule has 1 atom stereocenters. The Labute approximate surface area is 153 Å². The number of hydrogen-bond acceptors (Lipinski definition) is 6. The number of benzene rings is 1. The van der Waals surface area contributed by atoms with Gasteiger partial charge in [-0.05, 0) is 0 Å². The number of carbonyl (C=O) groups is 2. The average Bonchev–Trinajstić information content (AvgIpc) is 3.41. The first-order valence-electron chi connectivity index (χ1n) is 8.15. The topological polar surface area (TPSA) is 104 Å². The molecule has 2 aromatic heterocycles. The third-order valence-electron chi connectivity index (χ3n) is 4.14. The Kier molecular flexibility index (Phi) is 4.44. The van der Waals surface area contributed by atoms with Gasteiger partial charge >= 0.3 is 0 Å². The van der Waals surface area contributed by atoms with Crippen LogP contribution in [0.15, 0.2) is 41.9 Å². The molecule has 8 nitrogen and oxygen atoms in total. The van der Waals surface area contributed by atoms with Crippen LogP contribution in [-0.2, 0) is 16.1 Å². The molecule has 4 rings (SSSR count). The van der Waals surface area contributed by atoms with E-state index < -0.39 is 0 Å². The second kappa shape index (κ2) is 7.04. The zero-order valence-corrected chi connectivity index (χ0v) is 14.6. The summed E-state index contributed by atoms with van der Waals surface area (Å²) in [5, 5.41) is 12.3. The lowest BCUT2D eigenvalue weighted by atomic mass is 10.1. The fourth-order valence-electron chi connectivity index (χ4n) is 2.82. The lowest BCUT2D eigenvalue weighted by molar-refractivity contribution is -0.126. The van der Waals surface area contributed by atoms with E-state index in [1.165, 1.54) is 11.3 Å². The molecule has 1 saturated heterocycles. The Morgan fingerprint density at radius 3 is 2.96 bits per heavy atom. The standard InChI is InChI=1S/C17H16N6O2S/c24-14-8-12(10-23(14)17-18-6-7-26-17)16(25)19-9-13-20-15(22-21-13)11-4-2-1-3-5-11/h1-7,12H,8-10H2,(H,19,25)(H,20,21,22). The van der Waals surface area contributed by atoms with Crippen molar-refractivity contribution in [1.82, 2.24) is 25.5 Å². The van der Waals surface area contributed by atoms with Gasteiger partial charge in [0.05, 0.1) is 12.5 Å². The van der Waals surface area contributed by atoms with Gasteiger partial charge in [0.25, 0.3) is 0 Å². The van der Waals surface area contributed by atoms with E-state index in [1.807, 2.05) is 35.7 Å². The predicted octanol–water partition coefficient (Wildman–Crippen LogP) is 1.60. The fourth-order valence-corrected chi connectivity index (χ4v) is 3.49. The summed E-state index contributed by atoms with van der Waals surface area (Å²) >= 11 is 1.39. The van der Waals surface area contributed by atoms with Crippen LogP contribution in [0, 0.1) is 5.92 Å². The van der Waals surface area contributed by atoms with E-state index in [4.69, 9.17) is 0 Å². The van der Waals surface area contributed by atoms with Crippen molar-refractivity contribution >= 4 is 28.3 Å². The molecule has 1 fully saturated rings. The molecule has 3 aromatic rings. The second-order valence-corrected chi connectivity index (χ2v) is 6.78. The van der Waals surface area contributed by atoms with E-state index in [0.717, 1.165) is 5.56 Å². The molecular formula is C17H16N6O2S. The highest BCUT2D eigenvalue weighted by molar-refractivity contribution is 7.13. The van der Waals surface area contributed by atoms with Gasteiger partial charge in [-0.15, -0.1) is 11.3 Å². The van der Waals surface area contributed by atoms with Gasteiger partial charge < -0.3 is 5.32 Å². The van der Waals surface area contributed by atoms with Crippen LogP contribution in [0.2, 0.25) is 0 Å². The molecule has 0 bridgehead atoms. The summed E-state index contributed by atoms with van der Waals surface area (Å²) in [4.78, 5) is 34.6. The summed E-state index contributed by atoms with van der Waals surface area (Å²) in [5.74, 6) is 0.517. The maximum absolute atomic E-state index is 12.4. The number of amides is 2. The van der Waals surface area contributed by atoms with Crippen LogP contribution in [0.3, 0.4) is 0 Å². The Morgan fingerprint density at radius 1 is 1.35 bits per heavy atom. The van der Waals surface area contributed by atoms with Crippen LogP contribution >= 0.6 is 11.3 Å². The van der Waals surface area contributed by atoms with E-state index in [-0.39, 0.29) is 30.7 Å². The van der Waals surface area contributed by atoms with E-state index >= 15 is 0 Å². The first-order valence-corrected chi connectivity index (χ1v) is 9.03. The highest BCUT2D eigenvalue weighted by Crippen LogP contribution is 2.26. The number of thiazole rings is 1. The molecule has 26 heavy (non-hydrogen) atoms. The zero-order chi connectivity index (χ0) is 17.9. The molecule has 0 saturated carbocycles. The number of anilines is 1. The molecule has 0 aliphatic carbocycles. The number of nitrogens with zero attached hydrogens (tertiary/aromatic N) is 4. The molecule has 0 radical (unpaired) electrons. The SMILES string of the molecule is O=C(NCc1nc(-c2ccccc2)n[nH]1)C1CC(=O)N(c2nccs2)C1. The number of hydrogen-bond donors (Lipinski definition) is 2. The van der Waals surface area contributed by atoms with Gasteiger partial charge in [-0.25, -0.2) is 9.97 Å². The number of rotatable bonds is 5. The summed E-state index contributed by atoms with van der Waals surface area (Å²) in [7, 11) is 0. The number of nitrogens with one attached hydrogen (secondary N) is 2. The molecule has 2 N–H and O–H groups in total. The Hall–Kier alpha value is -3.07. The molecule has 1 aliphatic rings. The zero-order valence-electron chi connectivity index (χ0n) is 13.8. The molecule has 9 heteroatoms. The number of carbonyl (C=O) groups excluding carboxylic acids is 2. The lowest BCUT2D eigenvalue weighted by Gasteiger charge is -2.12. The summed E-state index contributed by atoms with van der Waals surface area (Å²) in [5.41, 5.74) is 0.904. The first-order chi connectivity index (χ1) is 12.7. The van der Waals surface area contributed by atoms with Crippen molar-refractivity contribution in [1.29, 1.82) is 0 Å².